The Morgan fingerprint density at radius 3 is 2.56 bits per heavy atom. The molecule has 0 saturated heterocycles. The minimum absolute atomic E-state index is 0.0128. The van der Waals surface area contributed by atoms with E-state index in [0.29, 0.717) is 15.8 Å². The van der Waals surface area contributed by atoms with Gasteiger partial charge in [0.25, 0.3) is 0 Å². The number of carbonyl (C=O) groups excluding carboxylic acids is 1. The molecule has 0 heterocycles. The molecule has 0 spiro atoms. The fourth-order valence-corrected chi connectivity index (χ4v) is 1.84. The number of amides is 1. The van der Waals surface area contributed by atoms with Crippen LogP contribution in [0.5, 0.6) is 5.75 Å². The lowest BCUT2D eigenvalue weighted by Crippen LogP contribution is -2.16. The monoisotopic (exact) mass is 287 g/mol. The van der Waals surface area contributed by atoms with Gasteiger partial charge in [-0.2, -0.15) is 0 Å². The van der Waals surface area contributed by atoms with Crippen LogP contribution >= 0.6 is 15.9 Å². The molecule has 0 bridgehead atoms. The van der Waals surface area contributed by atoms with E-state index < -0.39 is 11.9 Å². The van der Waals surface area contributed by atoms with Crippen LogP contribution in [0.4, 0.5) is 0 Å². The highest BCUT2D eigenvalue weighted by Crippen LogP contribution is 2.28. The molecule has 86 valence electrons. The van der Waals surface area contributed by atoms with E-state index in [4.69, 9.17) is 15.6 Å². The number of carbonyl (C=O) groups is 2. The number of hydrogen-bond donors (Lipinski definition) is 2. The summed E-state index contributed by atoms with van der Waals surface area (Å²) in [5.41, 5.74) is 5.40. The van der Waals surface area contributed by atoms with E-state index in [-0.39, 0.29) is 12.0 Å². The first-order valence-electron chi connectivity index (χ1n) is 4.33. The second-order valence-electron chi connectivity index (χ2n) is 3.09. The Balaban J connectivity index is 3.30. The molecule has 0 aromatic heterocycles. The highest BCUT2D eigenvalue weighted by molar-refractivity contribution is 9.10. The predicted octanol–water partition coefficient (Wildman–Crippen LogP) is 1.18. The number of aromatic carboxylic acids is 1. The molecule has 0 unspecified atom stereocenters. The van der Waals surface area contributed by atoms with E-state index >= 15 is 0 Å². The number of benzene rings is 1. The predicted molar refractivity (Wildman–Crippen MR) is 60.6 cm³/mol. The minimum Gasteiger partial charge on any atom is -0.496 e. The van der Waals surface area contributed by atoms with Crippen molar-refractivity contribution in [3.63, 3.8) is 0 Å². The number of methoxy groups -OCH3 is 1. The Hall–Kier alpha value is -1.56. The van der Waals surface area contributed by atoms with Gasteiger partial charge in [-0.3, -0.25) is 4.79 Å². The normalized spacial score (nSPS) is 9.88. The summed E-state index contributed by atoms with van der Waals surface area (Å²) in [6.45, 7) is 0. The number of carboxylic acids is 1. The molecule has 1 aromatic rings. The summed E-state index contributed by atoms with van der Waals surface area (Å²) in [6.07, 6.45) is -0.121. The second-order valence-corrected chi connectivity index (χ2v) is 3.95. The highest BCUT2D eigenvalue weighted by Gasteiger charge is 2.15. The molecule has 1 amide bonds. The zero-order chi connectivity index (χ0) is 12.3. The molecule has 6 heteroatoms. The molecule has 1 aromatic carbocycles. The van der Waals surface area contributed by atoms with Gasteiger partial charge >= 0.3 is 5.97 Å². The van der Waals surface area contributed by atoms with Gasteiger partial charge in [0.15, 0.2) is 0 Å². The summed E-state index contributed by atoms with van der Waals surface area (Å²) in [7, 11) is 1.43. The van der Waals surface area contributed by atoms with E-state index in [0.717, 1.165) is 0 Å². The maximum absolute atomic E-state index is 11.0. The van der Waals surface area contributed by atoms with Crippen molar-refractivity contribution in [1.29, 1.82) is 0 Å². The molecule has 0 aliphatic heterocycles. The third kappa shape index (κ3) is 2.73. The summed E-state index contributed by atoms with van der Waals surface area (Å²) in [5.74, 6) is -1.31. The molecule has 0 aliphatic rings. The van der Waals surface area contributed by atoms with Crippen LogP contribution in [0.2, 0.25) is 0 Å². The van der Waals surface area contributed by atoms with Gasteiger partial charge in [0.05, 0.1) is 23.6 Å². The SMILES string of the molecule is COc1cc(C(=O)O)c(CC(N)=O)cc1Br. The molecule has 16 heavy (non-hydrogen) atoms. The summed E-state index contributed by atoms with van der Waals surface area (Å²) in [4.78, 5) is 21.8. The van der Waals surface area contributed by atoms with Gasteiger partial charge in [-0.25, -0.2) is 4.79 Å². The van der Waals surface area contributed by atoms with Crippen LogP contribution in [0.3, 0.4) is 0 Å². The first-order chi connectivity index (χ1) is 7.45. The molecule has 0 atom stereocenters. The third-order valence-corrected chi connectivity index (χ3v) is 2.59. The molecular weight excluding hydrogens is 278 g/mol. The number of halogens is 1. The van der Waals surface area contributed by atoms with Crippen LogP contribution in [0, 0.1) is 0 Å². The van der Waals surface area contributed by atoms with Gasteiger partial charge in [-0.15, -0.1) is 0 Å². The minimum atomic E-state index is -1.12. The lowest BCUT2D eigenvalue weighted by Gasteiger charge is -2.09. The van der Waals surface area contributed by atoms with Crippen molar-refractivity contribution >= 4 is 27.8 Å². The number of ether oxygens (including phenoxy) is 1. The van der Waals surface area contributed by atoms with Crippen molar-refractivity contribution in [2.24, 2.45) is 5.73 Å². The lowest BCUT2D eigenvalue weighted by atomic mass is 10.0. The molecule has 3 N–H and O–H groups in total. The van der Waals surface area contributed by atoms with Crippen molar-refractivity contribution in [3.8, 4) is 5.75 Å². The fourth-order valence-electron chi connectivity index (χ4n) is 1.28. The van der Waals surface area contributed by atoms with Crippen molar-refractivity contribution in [1.82, 2.24) is 0 Å². The largest absolute Gasteiger partial charge is 0.496 e. The molecule has 1 rings (SSSR count). The van der Waals surface area contributed by atoms with Crippen LogP contribution in [-0.4, -0.2) is 24.1 Å². The van der Waals surface area contributed by atoms with Crippen LogP contribution in [0.15, 0.2) is 16.6 Å². The van der Waals surface area contributed by atoms with Gasteiger partial charge in [-0.1, -0.05) is 0 Å². The van der Waals surface area contributed by atoms with Crippen molar-refractivity contribution in [3.05, 3.63) is 27.7 Å². The Morgan fingerprint density at radius 2 is 2.12 bits per heavy atom. The Bertz CT molecular complexity index is 445. The van der Waals surface area contributed by atoms with Crippen molar-refractivity contribution in [2.45, 2.75) is 6.42 Å². The number of primary amides is 1. The van der Waals surface area contributed by atoms with Crippen LogP contribution in [0.25, 0.3) is 0 Å². The van der Waals surface area contributed by atoms with Gasteiger partial charge in [0.1, 0.15) is 5.75 Å². The first kappa shape index (κ1) is 12.5. The molecular formula is C10H10BrNO4. The quantitative estimate of drug-likeness (QED) is 0.870. The van der Waals surface area contributed by atoms with Gasteiger partial charge in [0, 0.05) is 0 Å². The van der Waals surface area contributed by atoms with E-state index in [1.165, 1.54) is 19.2 Å². The Kier molecular flexibility index (Phi) is 3.89. The maximum atomic E-state index is 11.0. The van der Waals surface area contributed by atoms with Crippen molar-refractivity contribution in [2.75, 3.05) is 7.11 Å². The van der Waals surface area contributed by atoms with Gasteiger partial charge in [-0.05, 0) is 33.6 Å². The number of hydrogen-bond acceptors (Lipinski definition) is 3. The van der Waals surface area contributed by atoms with Crippen LogP contribution in [-0.2, 0) is 11.2 Å². The molecule has 0 saturated carbocycles. The van der Waals surface area contributed by atoms with Crippen LogP contribution < -0.4 is 10.5 Å². The number of carboxylic acid groups (broad SMARTS) is 1. The first-order valence-corrected chi connectivity index (χ1v) is 5.13. The Morgan fingerprint density at radius 1 is 1.50 bits per heavy atom. The Labute approximate surface area is 100 Å². The van der Waals surface area contributed by atoms with E-state index in [1.807, 2.05) is 0 Å². The van der Waals surface area contributed by atoms with E-state index in [1.54, 1.807) is 0 Å². The standard InChI is InChI=1S/C10H10BrNO4/c1-16-8-4-6(10(14)15)5(2-7(8)11)3-9(12)13/h2,4H,3H2,1H3,(H2,12,13)(H,14,15). The van der Waals surface area contributed by atoms with Gasteiger partial charge in [0.2, 0.25) is 5.91 Å². The lowest BCUT2D eigenvalue weighted by molar-refractivity contribution is -0.117. The zero-order valence-corrected chi connectivity index (χ0v) is 10.1. The number of rotatable bonds is 4. The molecule has 5 nitrogen and oxygen atoms in total. The topological polar surface area (TPSA) is 89.6 Å². The maximum Gasteiger partial charge on any atom is 0.336 e. The average molecular weight is 288 g/mol. The summed E-state index contributed by atoms with van der Waals surface area (Å²) in [5, 5.41) is 8.97. The molecule has 0 aliphatic carbocycles. The zero-order valence-electron chi connectivity index (χ0n) is 8.49. The van der Waals surface area contributed by atoms with E-state index in [9.17, 15) is 9.59 Å². The molecule has 0 radical (unpaired) electrons. The summed E-state index contributed by atoms with van der Waals surface area (Å²) in [6, 6.07) is 2.87. The van der Waals surface area contributed by atoms with Crippen molar-refractivity contribution < 1.29 is 19.4 Å². The van der Waals surface area contributed by atoms with Crippen LogP contribution in [0.1, 0.15) is 15.9 Å². The third-order valence-electron chi connectivity index (χ3n) is 1.97. The smallest absolute Gasteiger partial charge is 0.336 e. The summed E-state index contributed by atoms with van der Waals surface area (Å²) >= 11 is 3.21. The molecule has 0 fully saturated rings. The number of nitrogens with two attached hydrogens (primary N) is 1. The highest BCUT2D eigenvalue weighted by atomic mass is 79.9. The van der Waals surface area contributed by atoms with Gasteiger partial charge < -0.3 is 15.6 Å². The second kappa shape index (κ2) is 4.98. The fraction of sp³-hybridized carbons (Fsp3) is 0.200. The van der Waals surface area contributed by atoms with E-state index in [2.05, 4.69) is 15.9 Å². The average Bonchev–Trinajstić information content (AvgIpc) is 2.16. The summed E-state index contributed by atoms with van der Waals surface area (Å²) < 4.78 is 5.55.